The molecule has 2 fully saturated rings. The first-order valence-electron chi connectivity index (χ1n) is 9.04. The minimum Gasteiger partial charge on any atom is -0.315 e. The minimum absolute atomic E-state index is 0.348. The fourth-order valence-corrected chi connectivity index (χ4v) is 4.72. The van der Waals surface area contributed by atoms with Gasteiger partial charge in [-0.3, -0.25) is 4.90 Å². The van der Waals surface area contributed by atoms with Gasteiger partial charge in [-0.05, 0) is 71.0 Å². The molecule has 2 atom stereocenters. The molecular formula is C18H36N2. The molecule has 2 heteroatoms. The van der Waals surface area contributed by atoms with Crippen molar-refractivity contribution in [2.45, 2.75) is 83.7 Å². The lowest BCUT2D eigenvalue weighted by atomic mass is 9.71. The number of hydrogen-bond acceptors (Lipinski definition) is 2. The second-order valence-corrected chi connectivity index (χ2v) is 7.54. The summed E-state index contributed by atoms with van der Waals surface area (Å²) in [7, 11) is 2.19. The lowest BCUT2D eigenvalue weighted by Crippen LogP contribution is -2.62. The zero-order valence-electron chi connectivity index (χ0n) is 14.3. The van der Waals surface area contributed by atoms with E-state index in [1.807, 2.05) is 0 Å². The van der Waals surface area contributed by atoms with E-state index in [0.29, 0.717) is 11.6 Å². The molecule has 2 rings (SSSR count). The van der Waals surface area contributed by atoms with Gasteiger partial charge >= 0.3 is 0 Å². The van der Waals surface area contributed by atoms with Crippen molar-refractivity contribution in [2.24, 2.45) is 11.8 Å². The molecule has 2 unspecified atom stereocenters. The van der Waals surface area contributed by atoms with Crippen molar-refractivity contribution in [3.8, 4) is 0 Å². The monoisotopic (exact) mass is 280 g/mol. The fourth-order valence-electron chi connectivity index (χ4n) is 4.72. The van der Waals surface area contributed by atoms with E-state index in [4.69, 9.17) is 0 Å². The number of rotatable bonds is 5. The lowest BCUT2D eigenvalue weighted by Gasteiger charge is -2.51. The second kappa shape index (κ2) is 7.26. The van der Waals surface area contributed by atoms with Gasteiger partial charge < -0.3 is 5.32 Å². The van der Waals surface area contributed by atoms with Crippen LogP contribution >= 0.6 is 0 Å². The van der Waals surface area contributed by atoms with Crippen molar-refractivity contribution in [1.29, 1.82) is 0 Å². The van der Waals surface area contributed by atoms with Gasteiger partial charge in [-0.1, -0.05) is 33.1 Å². The molecule has 0 amide bonds. The van der Waals surface area contributed by atoms with Gasteiger partial charge in [0.05, 0.1) is 0 Å². The molecular weight excluding hydrogens is 244 g/mol. The molecule has 1 aliphatic heterocycles. The van der Waals surface area contributed by atoms with E-state index in [0.717, 1.165) is 11.8 Å². The fraction of sp³-hybridized carbons (Fsp3) is 1.00. The van der Waals surface area contributed by atoms with Crippen LogP contribution in [0.3, 0.4) is 0 Å². The third-order valence-electron chi connectivity index (χ3n) is 6.31. The summed E-state index contributed by atoms with van der Waals surface area (Å²) in [5, 5.41) is 3.73. The average Bonchev–Trinajstić information content (AvgIpc) is 2.50. The van der Waals surface area contributed by atoms with E-state index in [9.17, 15) is 0 Å². The predicted molar refractivity (Wildman–Crippen MR) is 88.1 cm³/mol. The van der Waals surface area contributed by atoms with Gasteiger partial charge in [-0.25, -0.2) is 0 Å². The normalized spacial score (nSPS) is 33.6. The Balaban J connectivity index is 2.09. The van der Waals surface area contributed by atoms with E-state index in [2.05, 4.69) is 38.0 Å². The number of nitrogens with one attached hydrogen (secondary N) is 1. The van der Waals surface area contributed by atoms with Gasteiger partial charge in [-0.2, -0.15) is 0 Å². The van der Waals surface area contributed by atoms with Crippen molar-refractivity contribution < 1.29 is 0 Å². The van der Waals surface area contributed by atoms with Crippen molar-refractivity contribution in [3.05, 3.63) is 0 Å². The number of piperidine rings is 1. The van der Waals surface area contributed by atoms with Crippen LogP contribution in [-0.4, -0.2) is 36.6 Å². The Morgan fingerprint density at radius 2 is 1.70 bits per heavy atom. The molecule has 0 spiro atoms. The van der Waals surface area contributed by atoms with E-state index < -0.39 is 0 Å². The van der Waals surface area contributed by atoms with Crippen molar-refractivity contribution in [2.75, 3.05) is 20.1 Å². The maximum Gasteiger partial charge on any atom is 0.0334 e. The van der Waals surface area contributed by atoms with Crippen LogP contribution < -0.4 is 5.32 Å². The molecule has 1 N–H and O–H groups in total. The molecule has 0 aromatic rings. The summed E-state index contributed by atoms with van der Waals surface area (Å²) in [4.78, 5) is 2.80. The van der Waals surface area contributed by atoms with Gasteiger partial charge in [-0.15, -0.1) is 0 Å². The third kappa shape index (κ3) is 3.39. The van der Waals surface area contributed by atoms with Crippen molar-refractivity contribution in [3.63, 3.8) is 0 Å². The summed E-state index contributed by atoms with van der Waals surface area (Å²) in [5.74, 6) is 1.83. The Labute approximate surface area is 126 Å². The molecule has 1 heterocycles. The Hall–Kier alpha value is -0.0800. The molecule has 1 saturated heterocycles. The molecule has 1 aliphatic carbocycles. The molecule has 0 aromatic heterocycles. The highest BCUT2D eigenvalue weighted by Crippen LogP contribution is 2.38. The Bertz CT molecular complexity index is 277. The van der Waals surface area contributed by atoms with Crippen LogP contribution in [-0.2, 0) is 0 Å². The summed E-state index contributed by atoms with van der Waals surface area (Å²) >= 11 is 0. The van der Waals surface area contributed by atoms with Gasteiger partial charge in [0.1, 0.15) is 0 Å². The zero-order chi connectivity index (χ0) is 14.6. The molecule has 0 bridgehead atoms. The summed E-state index contributed by atoms with van der Waals surface area (Å²) in [6.07, 6.45) is 11.2. The van der Waals surface area contributed by atoms with Crippen LogP contribution in [0, 0.1) is 11.8 Å². The molecule has 0 aromatic carbocycles. The number of likely N-dealkylation sites (tertiary alicyclic amines) is 1. The number of nitrogens with zero attached hydrogens (tertiary/aromatic N) is 1. The molecule has 2 aliphatic rings. The quantitative estimate of drug-likeness (QED) is 0.817. The van der Waals surface area contributed by atoms with Gasteiger partial charge in [0.15, 0.2) is 0 Å². The smallest absolute Gasteiger partial charge is 0.0334 e. The van der Waals surface area contributed by atoms with Crippen LogP contribution in [0.25, 0.3) is 0 Å². The highest BCUT2D eigenvalue weighted by molar-refractivity contribution is 5.00. The molecule has 118 valence electrons. The van der Waals surface area contributed by atoms with Crippen LogP contribution in [0.5, 0.6) is 0 Å². The Morgan fingerprint density at radius 3 is 2.20 bits per heavy atom. The maximum atomic E-state index is 3.73. The van der Waals surface area contributed by atoms with Gasteiger partial charge in [0.2, 0.25) is 0 Å². The van der Waals surface area contributed by atoms with Crippen molar-refractivity contribution in [1.82, 2.24) is 10.2 Å². The van der Waals surface area contributed by atoms with Crippen LogP contribution in [0.15, 0.2) is 0 Å². The first-order chi connectivity index (χ1) is 9.61. The SMILES string of the molecule is CCC(C)(C(NC)C1CCC(C)CC1)N1CCCCC1. The number of likely N-dealkylation sites (N-methyl/N-ethyl adjacent to an activating group) is 1. The summed E-state index contributed by atoms with van der Waals surface area (Å²) < 4.78 is 0. The Kier molecular flexibility index (Phi) is 5.92. The highest BCUT2D eigenvalue weighted by atomic mass is 15.2. The minimum atomic E-state index is 0.348. The molecule has 2 nitrogen and oxygen atoms in total. The van der Waals surface area contributed by atoms with E-state index in [-0.39, 0.29) is 0 Å². The second-order valence-electron chi connectivity index (χ2n) is 7.54. The van der Waals surface area contributed by atoms with Crippen LogP contribution in [0.1, 0.15) is 72.1 Å². The summed E-state index contributed by atoms with van der Waals surface area (Å²) in [6, 6.07) is 0.665. The van der Waals surface area contributed by atoms with Crippen LogP contribution in [0.2, 0.25) is 0 Å². The molecule has 20 heavy (non-hydrogen) atoms. The molecule has 0 radical (unpaired) electrons. The summed E-state index contributed by atoms with van der Waals surface area (Å²) in [5.41, 5.74) is 0.348. The van der Waals surface area contributed by atoms with Crippen molar-refractivity contribution >= 4 is 0 Å². The largest absolute Gasteiger partial charge is 0.315 e. The first-order valence-corrected chi connectivity index (χ1v) is 9.04. The standard InChI is InChI=1S/C18H36N2/c1-5-18(3,20-13-7-6-8-14-20)17(19-4)16-11-9-15(2)10-12-16/h15-17,19H,5-14H2,1-4H3. The maximum absolute atomic E-state index is 3.73. The van der Waals surface area contributed by atoms with E-state index >= 15 is 0 Å². The highest BCUT2D eigenvalue weighted by Gasteiger charge is 2.42. The van der Waals surface area contributed by atoms with E-state index in [1.165, 1.54) is 64.5 Å². The Morgan fingerprint density at radius 1 is 1.10 bits per heavy atom. The first kappa shape index (κ1) is 16.3. The topological polar surface area (TPSA) is 15.3 Å². The van der Waals surface area contributed by atoms with Gasteiger partial charge in [0.25, 0.3) is 0 Å². The predicted octanol–water partition coefficient (Wildman–Crippen LogP) is 4.06. The third-order valence-corrected chi connectivity index (χ3v) is 6.31. The van der Waals surface area contributed by atoms with E-state index in [1.54, 1.807) is 0 Å². The number of hydrogen-bond donors (Lipinski definition) is 1. The summed E-state index contributed by atoms with van der Waals surface area (Å²) in [6.45, 7) is 9.97. The van der Waals surface area contributed by atoms with Crippen LogP contribution in [0.4, 0.5) is 0 Å². The van der Waals surface area contributed by atoms with Gasteiger partial charge in [0, 0.05) is 11.6 Å². The molecule has 1 saturated carbocycles. The zero-order valence-corrected chi connectivity index (χ0v) is 14.3. The lowest BCUT2D eigenvalue weighted by molar-refractivity contribution is 0.0161. The average molecular weight is 280 g/mol.